The van der Waals surface area contributed by atoms with Gasteiger partial charge in [0.2, 0.25) is 0 Å². The maximum Gasteiger partial charge on any atom is 0.167 e. The van der Waals surface area contributed by atoms with Gasteiger partial charge in [-0.25, -0.2) is 4.98 Å². The van der Waals surface area contributed by atoms with Crippen LogP contribution in [0.4, 0.5) is 0 Å². The van der Waals surface area contributed by atoms with Crippen molar-refractivity contribution >= 4 is 24.4 Å². The first-order chi connectivity index (χ1) is 4.84. The molecule has 0 aliphatic carbocycles. The number of imidazole rings is 1. The number of thioether (sulfide) groups is 1. The summed E-state index contributed by atoms with van der Waals surface area (Å²) in [4.78, 5) is 4.15. The largest absolute Gasteiger partial charge is 0.329 e. The summed E-state index contributed by atoms with van der Waals surface area (Å²) >= 11 is 5.84. The lowest BCUT2D eigenvalue weighted by Gasteiger charge is -1.97. The van der Waals surface area contributed by atoms with Gasteiger partial charge in [0, 0.05) is 25.2 Å². The zero-order valence-electron chi connectivity index (χ0n) is 5.82. The van der Waals surface area contributed by atoms with Crippen LogP contribution in [0.3, 0.4) is 0 Å². The van der Waals surface area contributed by atoms with E-state index in [0.717, 1.165) is 16.7 Å². The van der Waals surface area contributed by atoms with Crippen molar-refractivity contribution in [1.82, 2.24) is 9.55 Å². The highest BCUT2D eigenvalue weighted by Crippen LogP contribution is 2.13. The number of hydrogen-bond donors (Lipinski definition) is 1. The Kier molecular flexibility index (Phi) is 3.15. The van der Waals surface area contributed by atoms with Crippen LogP contribution in [-0.4, -0.2) is 21.1 Å². The van der Waals surface area contributed by atoms with Crippen molar-refractivity contribution in [3.63, 3.8) is 0 Å². The average Bonchev–Trinajstić information content (AvgIpc) is 2.31. The molecule has 0 spiro atoms. The Labute approximate surface area is 70.4 Å². The Bertz CT molecular complexity index is 197. The van der Waals surface area contributed by atoms with E-state index in [1.165, 1.54) is 0 Å². The second-order valence-corrected chi connectivity index (χ2v) is 3.40. The van der Waals surface area contributed by atoms with Crippen LogP contribution in [0.15, 0.2) is 17.6 Å². The van der Waals surface area contributed by atoms with E-state index in [9.17, 15) is 0 Å². The first kappa shape index (κ1) is 8.01. The third-order valence-electron chi connectivity index (χ3n) is 1.10. The molecule has 0 aliphatic rings. The Balaban J connectivity index is 2.49. The molecule has 1 aromatic rings. The molecule has 0 amide bonds. The second kappa shape index (κ2) is 3.93. The van der Waals surface area contributed by atoms with Gasteiger partial charge in [-0.1, -0.05) is 11.8 Å². The molecule has 1 rings (SSSR count). The molecule has 56 valence electrons. The first-order valence-electron chi connectivity index (χ1n) is 3.05. The van der Waals surface area contributed by atoms with Gasteiger partial charge in [-0.2, -0.15) is 12.6 Å². The molecule has 1 heterocycles. The minimum Gasteiger partial charge on any atom is -0.329 e. The molecule has 0 aromatic carbocycles. The van der Waals surface area contributed by atoms with Crippen molar-refractivity contribution < 1.29 is 0 Å². The van der Waals surface area contributed by atoms with Gasteiger partial charge in [-0.05, 0) is 5.75 Å². The van der Waals surface area contributed by atoms with Crippen LogP contribution in [0.5, 0.6) is 0 Å². The van der Waals surface area contributed by atoms with Gasteiger partial charge in [-0.15, -0.1) is 0 Å². The predicted octanol–water partition coefficient (Wildman–Crippen LogP) is 1.44. The topological polar surface area (TPSA) is 17.8 Å². The van der Waals surface area contributed by atoms with Crippen LogP contribution in [0.25, 0.3) is 0 Å². The zero-order valence-corrected chi connectivity index (χ0v) is 7.53. The molecular formula is C6H10N2S2. The van der Waals surface area contributed by atoms with Gasteiger partial charge in [0.1, 0.15) is 0 Å². The highest BCUT2D eigenvalue weighted by Gasteiger charge is 1.96. The molecule has 2 nitrogen and oxygen atoms in total. The van der Waals surface area contributed by atoms with Crippen LogP contribution in [0.1, 0.15) is 0 Å². The summed E-state index contributed by atoms with van der Waals surface area (Å²) in [6, 6.07) is 0. The molecule has 0 bridgehead atoms. The fraction of sp³-hybridized carbons (Fsp3) is 0.500. The summed E-state index contributed by atoms with van der Waals surface area (Å²) in [6.45, 7) is 0. The quantitative estimate of drug-likeness (QED) is 0.552. The Hall–Kier alpha value is -0.0900. The molecule has 10 heavy (non-hydrogen) atoms. The lowest BCUT2D eigenvalue weighted by atomic mass is 10.9. The molecule has 0 fully saturated rings. The van der Waals surface area contributed by atoms with E-state index < -0.39 is 0 Å². The van der Waals surface area contributed by atoms with E-state index in [1.54, 1.807) is 18.0 Å². The van der Waals surface area contributed by atoms with E-state index in [2.05, 4.69) is 17.6 Å². The Morgan fingerprint density at radius 3 is 3.10 bits per heavy atom. The maximum absolute atomic E-state index is 4.15. The van der Waals surface area contributed by atoms with Gasteiger partial charge in [0.15, 0.2) is 5.16 Å². The first-order valence-corrected chi connectivity index (χ1v) is 4.67. The van der Waals surface area contributed by atoms with E-state index in [-0.39, 0.29) is 0 Å². The van der Waals surface area contributed by atoms with Crippen LogP contribution in [0.2, 0.25) is 0 Å². The third kappa shape index (κ3) is 1.95. The average molecular weight is 174 g/mol. The molecule has 0 unspecified atom stereocenters. The summed E-state index contributed by atoms with van der Waals surface area (Å²) in [6.07, 6.45) is 3.75. The minimum absolute atomic E-state index is 0.900. The van der Waals surface area contributed by atoms with E-state index >= 15 is 0 Å². The van der Waals surface area contributed by atoms with Crippen LogP contribution in [0, 0.1) is 0 Å². The van der Waals surface area contributed by atoms with E-state index in [4.69, 9.17) is 0 Å². The van der Waals surface area contributed by atoms with Crippen LogP contribution < -0.4 is 0 Å². The number of aryl methyl sites for hydroxylation is 1. The Morgan fingerprint density at radius 2 is 2.60 bits per heavy atom. The van der Waals surface area contributed by atoms with E-state index in [0.29, 0.717) is 0 Å². The molecule has 1 aromatic heterocycles. The molecule has 0 aliphatic heterocycles. The highest BCUT2D eigenvalue weighted by molar-refractivity contribution is 7.99. The van der Waals surface area contributed by atoms with Crippen molar-refractivity contribution in [2.75, 3.05) is 11.5 Å². The van der Waals surface area contributed by atoms with Crippen molar-refractivity contribution in [2.24, 2.45) is 7.05 Å². The van der Waals surface area contributed by atoms with Crippen molar-refractivity contribution in [3.05, 3.63) is 12.4 Å². The predicted molar refractivity (Wildman–Crippen MR) is 47.8 cm³/mol. The molecular weight excluding hydrogens is 164 g/mol. The summed E-state index contributed by atoms with van der Waals surface area (Å²) in [5.74, 6) is 1.92. The smallest absolute Gasteiger partial charge is 0.167 e. The number of nitrogens with zero attached hydrogens (tertiary/aromatic N) is 2. The summed E-state index contributed by atoms with van der Waals surface area (Å²) in [5, 5.41) is 1.06. The van der Waals surface area contributed by atoms with Crippen molar-refractivity contribution in [3.8, 4) is 0 Å². The molecule has 0 saturated carbocycles. The number of rotatable bonds is 3. The van der Waals surface area contributed by atoms with Gasteiger partial charge >= 0.3 is 0 Å². The zero-order chi connectivity index (χ0) is 7.40. The van der Waals surface area contributed by atoms with Crippen molar-refractivity contribution in [1.29, 1.82) is 0 Å². The molecule has 0 radical (unpaired) electrons. The fourth-order valence-electron chi connectivity index (χ4n) is 0.628. The fourth-order valence-corrected chi connectivity index (χ4v) is 1.58. The molecule has 0 N–H and O–H groups in total. The Morgan fingerprint density at radius 1 is 1.80 bits per heavy atom. The standard InChI is InChI=1S/C6H10N2S2/c1-8-3-2-7-6(8)10-5-4-9/h2-3,9H,4-5H2,1H3. The SMILES string of the molecule is Cn1ccnc1SCCS. The van der Waals surface area contributed by atoms with Gasteiger partial charge in [0.25, 0.3) is 0 Å². The lowest BCUT2D eigenvalue weighted by molar-refractivity contribution is 0.790. The van der Waals surface area contributed by atoms with Gasteiger partial charge < -0.3 is 4.57 Å². The molecule has 0 atom stereocenters. The monoisotopic (exact) mass is 174 g/mol. The van der Waals surface area contributed by atoms with Gasteiger partial charge in [-0.3, -0.25) is 0 Å². The summed E-state index contributed by atoms with van der Waals surface area (Å²) in [5.41, 5.74) is 0. The molecule has 4 heteroatoms. The van der Waals surface area contributed by atoms with Crippen LogP contribution >= 0.6 is 24.4 Å². The summed E-state index contributed by atoms with van der Waals surface area (Å²) < 4.78 is 2.01. The van der Waals surface area contributed by atoms with Crippen molar-refractivity contribution in [2.45, 2.75) is 5.16 Å². The second-order valence-electron chi connectivity index (χ2n) is 1.89. The minimum atomic E-state index is 0.900. The normalized spacial score (nSPS) is 10.2. The van der Waals surface area contributed by atoms with E-state index in [1.807, 2.05) is 17.8 Å². The summed E-state index contributed by atoms with van der Waals surface area (Å²) in [7, 11) is 1.99. The van der Waals surface area contributed by atoms with Crippen LogP contribution in [-0.2, 0) is 7.05 Å². The number of hydrogen-bond acceptors (Lipinski definition) is 3. The number of aromatic nitrogens is 2. The maximum atomic E-state index is 4.15. The van der Waals surface area contributed by atoms with Gasteiger partial charge in [0.05, 0.1) is 0 Å². The third-order valence-corrected chi connectivity index (χ3v) is 2.69. The lowest BCUT2D eigenvalue weighted by Crippen LogP contribution is -1.90. The highest BCUT2D eigenvalue weighted by atomic mass is 32.2. The molecule has 0 saturated heterocycles. The number of thiol groups is 1.